The molecule has 0 aliphatic heterocycles. The molecule has 5 heteroatoms. The number of rotatable bonds is 8. The van der Waals surface area contributed by atoms with Crippen molar-refractivity contribution in [1.82, 2.24) is 5.32 Å². The maximum absolute atomic E-state index is 12.2. The summed E-state index contributed by atoms with van der Waals surface area (Å²) in [5.41, 5.74) is 1.86. The molecule has 0 radical (unpaired) electrons. The van der Waals surface area contributed by atoms with E-state index < -0.39 is 0 Å². The minimum atomic E-state index is -0.233. The highest BCUT2D eigenvalue weighted by molar-refractivity contribution is 6.04. The summed E-state index contributed by atoms with van der Waals surface area (Å²) in [6, 6.07) is 15.9. The Morgan fingerprint density at radius 1 is 0.840 bits per heavy atom. The van der Waals surface area contributed by atoms with E-state index in [-0.39, 0.29) is 11.9 Å². The normalized spacial score (nSPS) is 10.1. The van der Waals surface area contributed by atoms with Crippen molar-refractivity contribution < 1.29 is 9.59 Å². The van der Waals surface area contributed by atoms with E-state index in [9.17, 15) is 9.59 Å². The Bertz CT molecular complexity index is 686. The zero-order valence-corrected chi connectivity index (χ0v) is 14.5. The maximum Gasteiger partial charge on any atom is 0.319 e. The van der Waals surface area contributed by atoms with Gasteiger partial charge in [-0.2, -0.15) is 0 Å². The molecule has 3 N–H and O–H groups in total. The number of carbonyl (C=O) groups is 2. The zero-order valence-electron chi connectivity index (χ0n) is 14.5. The first-order valence-electron chi connectivity index (χ1n) is 8.70. The molecule has 25 heavy (non-hydrogen) atoms. The predicted molar refractivity (Wildman–Crippen MR) is 102 cm³/mol. The first kappa shape index (κ1) is 18.5. The average molecular weight is 339 g/mol. The van der Waals surface area contributed by atoms with Gasteiger partial charge in [0.15, 0.2) is 0 Å². The van der Waals surface area contributed by atoms with Gasteiger partial charge in [-0.3, -0.25) is 4.79 Å². The fourth-order valence-corrected chi connectivity index (χ4v) is 2.40. The number of urea groups is 1. The standard InChI is InChI=1S/C20H25N3O2/c1-2-3-4-8-14-21-20(25)23-18-13-9-12-17(15-18)22-19(24)16-10-6-5-7-11-16/h5-7,9-13,15H,2-4,8,14H2,1H3,(H,22,24)(H2,21,23,25). The largest absolute Gasteiger partial charge is 0.338 e. The lowest BCUT2D eigenvalue weighted by atomic mass is 10.2. The molecular formula is C20H25N3O2. The number of hydrogen-bond donors (Lipinski definition) is 3. The van der Waals surface area contributed by atoms with E-state index in [0.29, 0.717) is 23.5 Å². The number of amides is 3. The molecule has 3 amide bonds. The Morgan fingerprint density at radius 3 is 2.28 bits per heavy atom. The highest BCUT2D eigenvalue weighted by Crippen LogP contribution is 2.16. The lowest BCUT2D eigenvalue weighted by Gasteiger charge is -2.10. The molecule has 2 aromatic carbocycles. The number of carbonyl (C=O) groups excluding carboxylic acids is 2. The van der Waals surface area contributed by atoms with Crippen molar-refractivity contribution in [3.8, 4) is 0 Å². The van der Waals surface area contributed by atoms with Gasteiger partial charge in [0.2, 0.25) is 0 Å². The lowest BCUT2D eigenvalue weighted by molar-refractivity contribution is 0.102. The summed E-state index contributed by atoms with van der Waals surface area (Å²) >= 11 is 0. The Kier molecular flexibility index (Phi) is 7.50. The number of hydrogen-bond acceptors (Lipinski definition) is 2. The van der Waals surface area contributed by atoms with Crippen LogP contribution in [-0.4, -0.2) is 18.5 Å². The summed E-state index contributed by atoms with van der Waals surface area (Å²) in [6.07, 6.45) is 4.46. The van der Waals surface area contributed by atoms with Crippen LogP contribution in [-0.2, 0) is 0 Å². The van der Waals surface area contributed by atoms with Crippen molar-refractivity contribution in [3.05, 3.63) is 60.2 Å². The highest BCUT2D eigenvalue weighted by atomic mass is 16.2. The van der Waals surface area contributed by atoms with Crippen LogP contribution >= 0.6 is 0 Å². The Labute approximate surface area is 148 Å². The van der Waals surface area contributed by atoms with Gasteiger partial charge in [-0.25, -0.2) is 4.79 Å². The van der Waals surface area contributed by atoms with E-state index >= 15 is 0 Å². The lowest BCUT2D eigenvalue weighted by Crippen LogP contribution is -2.29. The molecule has 0 heterocycles. The van der Waals surface area contributed by atoms with Gasteiger partial charge in [0, 0.05) is 23.5 Å². The summed E-state index contributed by atoms with van der Waals surface area (Å²) in [6.45, 7) is 2.82. The zero-order chi connectivity index (χ0) is 17.9. The smallest absolute Gasteiger partial charge is 0.319 e. The van der Waals surface area contributed by atoms with Crippen molar-refractivity contribution in [1.29, 1.82) is 0 Å². The van der Waals surface area contributed by atoms with E-state index in [2.05, 4.69) is 22.9 Å². The summed E-state index contributed by atoms with van der Waals surface area (Å²) in [7, 11) is 0. The minimum Gasteiger partial charge on any atom is -0.338 e. The molecule has 0 bridgehead atoms. The predicted octanol–water partition coefficient (Wildman–Crippen LogP) is 4.64. The van der Waals surface area contributed by atoms with Gasteiger partial charge in [0.1, 0.15) is 0 Å². The van der Waals surface area contributed by atoms with Crippen LogP contribution in [0, 0.1) is 0 Å². The molecule has 0 aliphatic rings. The molecule has 2 aromatic rings. The molecular weight excluding hydrogens is 314 g/mol. The van der Waals surface area contributed by atoms with E-state index in [1.54, 1.807) is 36.4 Å². The molecule has 0 atom stereocenters. The fourth-order valence-electron chi connectivity index (χ4n) is 2.40. The van der Waals surface area contributed by atoms with Gasteiger partial charge in [-0.15, -0.1) is 0 Å². The van der Waals surface area contributed by atoms with Gasteiger partial charge in [-0.05, 0) is 36.8 Å². The first-order valence-corrected chi connectivity index (χ1v) is 8.70. The second-order valence-corrected chi connectivity index (χ2v) is 5.84. The number of nitrogens with one attached hydrogen (secondary N) is 3. The molecule has 132 valence electrons. The molecule has 0 spiro atoms. The third kappa shape index (κ3) is 6.67. The molecule has 0 aliphatic carbocycles. The van der Waals surface area contributed by atoms with Gasteiger partial charge in [0.25, 0.3) is 5.91 Å². The van der Waals surface area contributed by atoms with Crippen LogP contribution in [0.5, 0.6) is 0 Å². The van der Waals surface area contributed by atoms with Gasteiger partial charge < -0.3 is 16.0 Å². The minimum absolute atomic E-state index is 0.182. The third-order valence-corrected chi connectivity index (χ3v) is 3.73. The summed E-state index contributed by atoms with van der Waals surface area (Å²) in [5, 5.41) is 8.45. The molecule has 0 unspecified atom stereocenters. The Balaban J connectivity index is 1.84. The maximum atomic E-state index is 12.2. The van der Waals surface area contributed by atoms with Gasteiger partial charge in [-0.1, -0.05) is 50.5 Å². The quantitative estimate of drug-likeness (QED) is 0.613. The topological polar surface area (TPSA) is 70.2 Å². The van der Waals surface area contributed by atoms with E-state index in [1.807, 2.05) is 18.2 Å². The van der Waals surface area contributed by atoms with Crippen molar-refractivity contribution in [2.45, 2.75) is 32.6 Å². The third-order valence-electron chi connectivity index (χ3n) is 3.73. The average Bonchev–Trinajstić information content (AvgIpc) is 2.62. The van der Waals surface area contributed by atoms with Crippen LogP contribution < -0.4 is 16.0 Å². The van der Waals surface area contributed by atoms with Crippen molar-refractivity contribution in [3.63, 3.8) is 0 Å². The van der Waals surface area contributed by atoms with Gasteiger partial charge in [0.05, 0.1) is 0 Å². The van der Waals surface area contributed by atoms with Crippen LogP contribution in [0.3, 0.4) is 0 Å². The van der Waals surface area contributed by atoms with E-state index in [0.717, 1.165) is 12.8 Å². The van der Waals surface area contributed by atoms with Crippen molar-refractivity contribution in [2.75, 3.05) is 17.2 Å². The van der Waals surface area contributed by atoms with Crippen LogP contribution in [0.15, 0.2) is 54.6 Å². The molecule has 2 rings (SSSR count). The summed E-state index contributed by atoms with van der Waals surface area (Å²) in [4.78, 5) is 24.1. The first-order chi connectivity index (χ1) is 12.2. The summed E-state index contributed by atoms with van der Waals surface area (Å²) in [5.74, 6) is -0.182. The SMILES string of the molecule is CCCCCCNC(=O)Nc1cccc(NC(=O)c2ccccc2)c1. The molecule has 5 nitrogen and oxygen atoms in total. The highest BCUT2D eigenvalue weighted by Gasteiger charge is 2.06. The van der Waals surface area contributed by atoms with Crippen LogP contribution in [0.2, 0.25) is 0 Å². The Morgan fingerprint density at radius 2 is 1.56 bits per heavy atom. The molecule has 0 fully saturated rings. The van der Waals surface area contributed by atoms with Crippen molar-refractivity contribution in [2.24, 2.45) is 0 Å². The molecule has 0 saturated heterocycles. The summed E-state index contributed by atoms with van der Waals surface area (Å²) < 4.78 is 0. The van der Waals surface area contributed by atoms with Gasteiger partial charge >= 0.3 is 6.03 Å². The number of benzene rings is 2. The van der Waals surface area contributed by atoms with Crippen LogP contribution in [0.25, 0.3) is 0 Å². The molecule has 0 aromatic heterocycles. The van der Waals surface area contributed by atoms with Crippen LogP contribution in [0.4, 0.5) is 16.2 Å². The number of unbranched alkanes of at least 4 members (excludes halogenated alkanes) is 3. The number of anilines is 2. The van der Waals surface area contributed by atoms with E-state index in [1.165, 1.54) is 12.8 Å². The van der Waals surface area contributed by atoms with E-state index in [4.69, 9.17) is 0 Å². The second-order valence-electron chi connectivity index (χ2n) is 5.84. The fraction of sp³-hybridized carbons (Fsp3) is 0.300. The Hall–Kier alpha value is -2.82. The molecule has 0 saturated carbocycles. The monoisotopic (exact) mass is 339 g/mol. The second kappa shape index (κ2) is 10.1. The van der Waals surface area contributed by atoms with Crippen LogP contribution in [0.1, 0.15) is 43.0 Å². The van der Waals surface area contributed by atoms with Crippen molar-refractivity contribution >= 4 is 23.3 Å².